The highest BCUT2D eigenvalue weighted by molar-refractivity contribution is 5.79. The summed E-state index contributed by atoms with van der Waals surface area (Å²) in [5.74, 6) is -1.02. The van der Waals surface area contributed by atoms with Crippen LogP contribution in [0.1, 0.15) is 75.3 Å². The van der Waals surface area contributed by atoms with Crippen LogP contribution in [0.15, 0.2) is 48.5 Å². The van der Waals surface area contributed by atoms with Gasteiger partial charge in [-0.3, -0.25) is 9.59 Å². The van der Waals surface area contributed by atoms with Crippen molar-refractivity contribution in [2.24, 2.45) is 5.92 Å². The standard InChI is InChI=1S/C26H32O4/c1-2-3-11-19(26(28)29)12-5-4-6-17-25(27)30-18-24-22-15-9-7-13-20(22)21-14-8-10-16-23(21)24/h7-10,13-16,19,24H,2-6,11-12,17-18H2,1H3,(H,28,29). The van der Waals surface area contributed by atoms with Crippen LogP contribution in [0.3, 0.4) is 0 Å². The van der Waals surface area contributed by atoms with E-state index in [1.165, 1.54) is 22.3 Å². The number of rotatable bonds is 12. The Balaban J connectivity index is 1.42. The Morgan fingerprint density at radius 2 is 1.50 bits per heavy atom. The lowest BCUT2D eigenvalue weighted by atomic mass is 9.95. The number of aliphatic carboxylic acids is 1. The van der Waals surface area contributed by atoms with E-state index < -0.39 is 5.97 Å². The summed E-state index contributed by atoms with van der Waals surface area (Å²) >= 11 is 0. The van der Waals surface area contributed by atoms with Crippen LogP contribution < -0.4 is 0 Å². The molecule has 1 atom stereocenters. The van der Waals surface area contributed by atoms with E-state index in [4.69, 9.17) is 4.74 Å². The number of hydrogen-bond acceptors (Lipinski definition) is 3. The molecule has 4 nitrogen and oxygen atoms in total. The first-order valence-electron chi connectivity index (χ1n) is 11.2. The minimum Gasteiger partial charge on any atom is -0.481 e. The summed E-state index contributed by atoms with van der Waals surface area (Å²) in [7, 11) is 0. The Kier molecular flexibility index (Phi) is 8.06. The van der Waals surface area contributed by atoms with Gasteiger partial charge in [-0.15, -0.1) is 0 Å². The van der Waals surface area contributed by atoms with Crippen LogP contribution in [0.4, 0.5) is 0 Å². The van der Waals surface area contributed by atoms with Gasteiger partial charge in [-0.1, -0.05) is 81.1 Å². The van der Waals surface area contributed by atoms with Crippen LogP contribution in [-0.2, 0) is 14.3 Å². The zero-order valence-electron chi connectivity index (χ0n) is 17.8. The third-order valence-electron chi connectivity index (χ3n) is 6.06. The Morgan fingerprint density at radius 1 is 0.900 bits per heavy atom. The van der Waals surface area contributed by atoms with Crippen molar-refractivity contribution < 1.29 is 19.4 Å². The molecular formula is C26H32O4. The minimum atomic E-state index is -0.694. The molecule has 1 aliphatic rings. The summed E-state index contributed by atoms with van der Waals surface area (Å²) in [5.41, 5.74) is 4.90. The molecule has 0 radical (unpaired) electrons. The van der Waals surface area contributed by atoms with Gasteiger partial charge in [0.25, 0.3) is 0 Å². The predicted molar refractivity (Wildman–Crippen MR) is 118 cm³/mol. The van der Waals surface area contributed by atoms with E-state index in [1.54, 1.807) is 0 Å². The normalized spacial score (nSPS) is 13.5. The lowest BCUT2D eigenvalue weighted by Crippen LogP contribution is -2.14. The van der Waals surface area contributed by atoms with E-state index in [1.807, 2.05) is 24.3 Å². The van der Waals surface area contributed by atoms with Crippen molar-refractivity contribution >= 4 is 11.9 Å². The van der Waals surface area contributed by atoms with Crippen molar-refractivity contribution in [2.75, 3.05) is 6.61 Å². The molecule has 2 aromatic carbocycles. The molecule has 1 aliphatic carbocycles. The molecule has 3 rings (SSSR count). The van der Waals surface area contributed by atoms with Crippen molar-refractivity contribution in [2.45, 2.75) is 64.2 Å². The van der Waals surface area contributed by atoms with Gasteiger partial charge in [0.15, 0.2) is 0 Å². The summed E-state index contributed by atoms with van der Waals surface area (Å²) < 4.78 is 5.63. The van der Waals surface area contributed by atoms with Crippen LogP contribution in [0.2, 0.25) is 0 Å². The monoisotopic (exact) mass is 408 g/mol. The number of carbonyl (C=O) groups excluding carboxylic acids is 1. The fraction of sp³-hybridized carbons (Fsp3) is 0.462. The molecule has 0 amide bonds. The molecule has 1 unspecified atom stereocenters. The summed E-state index contributed by atoms with van der Waals surface area (Å²) in [4.78, 5) is 23.5. The van der Waals surface area contributed by atoms with E-state index in [2.05, 4.69) is 31.2 Å². The predicted octanol–water partition coefficient (Wildman–Crippen LogP) is 6.18. The first-order valence-corrected chi connectivity index (χ1v) is 11.2. The van der Waals surface area contributed by atoms with Gasteiger partial charge in [-0.25, -0.2) is 0 Å². The molecule has 0 spiro atoms. The van der Waals surface area contributed by atoms with Crippen LogP contribution in [-0.4, -0.2) is 23.7 Å². The first kappa shape index (κ1) is 22.1. The summed E-state index contributed by atoms with van der Waals surface area (Å²) in [6.45, 7) is 2.44. The van der Waals surface area contributed by atoms with Crippen molar-refractivity contribution in [3.8, 4) is 11.1 Å². The number of unbranched alkanes of at least 4 members (excludes halogenated alkanes) is 3. The van der Waals surface area contributed by atoms with E-state index in [0.29, 0.717) is 19.4 Å². The van der Waals surface area contributed by atoms with E-state index >= 15 is 0 Å². The molecular weight excluding hydrogens is 376 g/mol. The molecule has 0 bridgehead atoms. The maximum absolute atomic E-state index is 12.3. The molecule has 0 heterocycles. The largest absolute Gasteiger partial charge is 0.481 e. The second-order valence-electron chi connectivity index (χ2n) is 8.19. The zero-order chi connectivity index (χ0) is 21.3. The summed E-state index contributed by atoms with van der Waals surface area (Å²) in [6.07, 6.45) is 6.26. The third kappa shape index (κ3) is 5.50. The fourth-order valence-electron chi connectivity index (χ4n) is 4.37. The summed E-state index contributed by atoms with van der Waals surface area (Å²) in [6, 6.07) is 16.6. The molecule has 0 saturated heterocycles. The van der Waals surface area contributed by atoms with Gasteiger partial charge in [-0.05, 0) is 41.5 Å². The van der Waals surface area contributed by atoms with Crippen LogP contribution in [0.25, 0.3) is 11.1 Å². The zero-order valence-corrected chi connectivity index (χ0v) is 17.8. The topological polar surface area (TPSA) is 63.6 Å². The van der Waals surface area contributed by atoms with Crippen molar-refractivity contribution in [1.82, 2.24) is 0 Å². The molecule has 2 aromatic rings. The van der Waals surface area contributed by atoms with Gasteiger partial charge >= 0.3 is 11.9 Å². The average Bonchev–Trinajstić information content (AvgIpc) is 3.07. The van der Waals surface area contributed by atoms with Gasteiger partial charge in [-0.2, -0.15) is 0 Å². The number of carboxylic acids is 1. The van der Waals surface area contributed by atoms with E-state index in [9.17, 15) is 14.7 Å². The van der Waals surface area contributed by atoms with E-state index in [0.717, 1.165) is 38.5 Å². The number of hydrogen-bond donors (Lipinski definition) is 1. The number of carboxylic acid groups (broad SMARTS) is 1. The number of benzene rings is 2. The van der Waals surface area contributed by atoms with Crippen molar-refractivity contribution in [3.63, 3.8) is 0 Å². The maximum Gasteiger partial charge on any atom is 0.306 e. The molecule has 1 N–H and O–H groups in total. The van der Waals surface area contributed by atoms with Gasteiger partial charge in [0, 0.05) is 12.3 Å². The molecule has 0 saturated carbocycles. The number of fused-ring (bicyclic) bond motifs is 3. The van der Waals surface area contributed by atoms with Crippen LogP contribution in [0, 0.1) is 5.92 Å². The lowest BCUT2D eigenvalue weighted by molar-refractivity contribution is -0.144. The van der Waals surface area contributed by atoms with Gasteiger partial charge in [0.05, 0.1) is 5.92 Å². The summed E-state index contributed by atoms with van der Waals surface area (Å²) in [5, 5.41) is 9.28. The highest BCUT2D eigenvalue weighted by atomic mass is 16.5. The van der Waals surface area contributed by atoms with Crippen LogP contribution in [0.5, 0.6) is 0 Å². The number of carbonyl (C=O) groups is 2. The Morgan fingerprint density at radius 3 is 2.10 bits per heavy atom. The SMILES string of the molecule is CCCCC(CCCCCC(=O)OCC1c2ccccc2-c2ccccc21)C(=O)O. The molecule has 0 fully saturated rings. The smallest absolute Gasteiger partial charge is 0.306 e. The molecule has 30 heavy (non-hydrogen) atoms. The van der Waals surface area contributed by atoms with Gasteiger partial charge < -0.3 is 9.84 Å². The second-order valence-corrected chi connectivity index (χ2v) is 8.19. The average molecular weight is 409 g/mol. The van der Waals surface area contributed by atoms with Crippen LogP contribution >= 0.6 is 0 Å². The van der Waals surface area contributed by atoms with Gasteiger partial charge in [0.1, 0.15) is 6.61 Å². The Labute approximate surface area is 179 Å². The second kappa shape index (κ2) is 11.0. The Bertz CT molecular complexity index is 812. The van der Waals surface area contributed by atoms with E-state index in [-0.39, 0.29) is 17.8 Å². The maximum atomic E-state index is 12.3. The van der Waals surface area contributed by atoms with Crippen molar-refractivity contribution in [1.29, 1.82) is 0 Å². The number of ether oxygens (including phenoxy) is 1. The fourth-order valence-corrected chi connectivity index (χ4v) is 4.37. The first-order chi connectivity index (χ1) is 14.6. The quantitative estimate of drug-likeness (QED) is 0.336. The molecule has 0 aromatic heterocycles. The highest BCUT2D eigenvalue weighted by Crippen LogP contribution is 2.44. The van der Waals surface area contributed by atoms with Crippen molar-refractivity contribution in [3.05, 3.63) is 59.7 Å². The molecule has 4 heteroatoms. The third-order valence-corrected chi connectivity index (χ3v) is 6.06. The number of esters is 1. The van der Waals surface area contributed by atoms with Gasteiger partial charge in [0.2, 0.25) is 0 Å². The highest BCUT2D eigenvalue weighted by Gasteiger charge is 2.28. The molecule has 160 valence electrons. The molecule has 0 aliphatic heterocycles. The lowest BCUT2D eigenvalue weighted by Gasteiger charge is -2.14. The minimum absolute atomic E-state index is 0.0937. The Hall–Kier alpha value is -2.62.